The second kappa shape index (κ2) is 7.59. The monoisotopic (exact) mass is 329 g/mol. The fourth-order valence-electron chi connectivity index (χ4n) is 2.25. The van der Waals surface area contributed by atoms with Crippen LogP contribution in [-0.4, -0.2) is 23.9 Å². The molecule has 0 N–H and O–H groups in total. The first-order valence-electron chi connectivity index (χ1n) is 7.58. The largest absolute Gasteiger partial charge is 0.496 e. The smallest absolute Gasteiger partial charge is 0.314 e. The number of nitro groups is 1. The number of hydrogen-bond donors (Lipinski definition) is 0. The van der Waals surface area contributed by atoms with Crippen LogP contribution in [0.1, 0.15) is 29.8 Å². The van der Waals surface area contributed by atoms with Gasteiger partial charge in [0.05, 0.1) is 18.1 Å². The highest BCUT2D eigenvalue weighted by Crippen LogP contribution is 2.32. The molecular formula is C18H19NO5. The quantitative estimate of drug-likeness (QED) is 0.438. The fourth-order valence-corrected chi connectivity index (χ4v) is 2.25. The Hall–Kier alpha value is -2.89. The Morgan fingerprint density at radius 3 is 2.42 bits per heavy atom. The van der Waals surface area contributed by atoms with E-state index in [1.165, 1.54) is 19.2 Å². The number of rotatable bonds is 7. The van der Waals surface area contributed by atoms with E-state index in [4.69, 9.17) is 9.47 Å². The third kappa shape index (κ3) is 3.90. The van der Waals surface area contributed by atoms with E-state index in [9.17, 15) is 14.9 Å². The maximum absolute atomic E-state index is 12.4. The summed E-state index contributed by atoms with van der Waals surface area (Å²) in [5.41, 5.74) is 1.40. The number of carbonyl (C=O) groups is 1. The van der Waals surface area contributed by atoms with Crippen LogP contribution in [0.5, 0.6) is 11.5 Å². The zero-order valence-electron chi connectivity index (χ0n) is 13.8. The third-order valence-electron chi connectivity index (χ3n) is 3.68. The molecule has 0 aliphatic carbocycles. The number of Topliss-reactive ketones (excluding diaryl/α,β-unsaturated/α-hetero) is 1. The average Bonchev–Trinajstić information content (AvgIpc) is 2.61. The lowest BCUT2D eigenvalue weighted by molar-refractivity contribution is -0.386. The minimum Gasteiger partial charge on any atom is -0.496 e. The van der Waals surface area contributed by atoms with Crippen LogP contribution < -0.4 is 9.47 Å². The number of benzene rings is 2. The summed E-state index contributed by atoms with van der Waals surface area (Å²) in [4.78, 5) is 23.0. The molecular weight excluding hydrogens is 310 g/mol. The highest BCUT2D eigenvalue weighted by atomic mass is 16.6. The van der Waals surface area contributed by atoms with E-state index in [0.717, 1.165) is 12.0 Å². The van der Waals surface area contributed by atoms with E-state index in [2.05, 4.69) is 0 Å². The summed E-state index contributed by atoms with van der Waals surface area (Å²) in [6.07, 6.45) is 0.0445. The lowest BCUT2D eigenvalue weighted by Crippen LogP contribution is -2.24. The standard InChI is InChI=1S/C18H19NO5/c1-4-13-5-7-14(8-6-13)18(20)12(2)24-17-10-9-15(23-3)11-16(17)19(21)22/h5-12H,4H2,1-3H3/t12-/m1/s1. The Morgan fingerprint density at radius 2 is 1.88 bits per heavy atom. The lowest BCUT2D eigenvalue weighted by Gasteiger charge is -2.14. The van der Waals surface area contributed by atoms with Crippen molar-refractivity contribution in [3.63, 3.8) is 0 Å². The van der Waals surface area contributed by atoms with E-state index < -0.39 is 11.0 Å². The van der Waals surface area contributed by atoms with Gasteiger partial charge in [-0.25, -0.2) is 0 Å². The topological polar surface area (TPSA) is 78.7 Å². The summed E-state index contributed by atoms with van der Waals surface area (Å²) in [7, 11) is 1.42. The van der Waals surface area contributed by atoms with Gasteiger partial charge in [-0.05, 0) is 31.0 Å². The lowest BCUT2D eigenvalue weighted by atomic mass is 10.0. The van der Waals surface area contributed by atoms with E-state index in [0.29, 0.717) is 11.3 Å². The molecule has 24 heavy (non-hydrogen) atoms. The molecule has 0 unspecified atom stereocenters. The van der Waals surface area contributed by atoms with Crippen molar-refractivity contribution in [1.29, 1.82) is 0 Å². The molecule has 0 saturated carbocycles. The molecule has 6 heteroatoms. The Morgan fingerprint density at radius 1 is 1.21 bits per heavy atom. The molecule has 0 heterocycles. The van der Waals surface area contributed by atoms with Gasteiger partial charge in [0, 0.05) is 5.56 Å². The van der Waals surface area contributed by atoms with Crippen LogP contribution in [0.15, 0.2) is 42.5 Å². The third-order valence-corrected chi connectivity index (χ3v) is 3.68. The van der Waals surface area contributed by atoms with Crippen LogP contribution in [0.3, 0.4) is 0 Å². The molecule has 2 aromatic carbocycles. The van der Waals surface area contributed by atoms with Crippen LogP contribution in [0.4, 0.5) is 5.69 Å². The summed E-state index contributed by atoms with van der Waals surface area (Å²) in [6.45, 7) is 3.61. The van der Waals surface area contributed by atoms with Gasteiger partial charge in [0.2, 0.25) is 5.78 Å². The molecule has 0 bridgehead atoms. The first-order chi connectivity index (χ1) is 11.5. The number of nitro benzene ring substituents is 1. The van der Waals surface area contributed by atoms with Gasteiger partial charge in [0.1, 0.15) is 5.75 Å². The van der Waals surface area contributed by atoms with Gasteiger partial charge in [-0.1, -0.05) is 31.2 Å². The Labute approximate surface area is 140 Å². The number of aryl methyl sites for hydroxylation is 1. The van der Waals surface area contributed by atoms with Crippen molar-refractivity contribution in [3.05, 3.63) is 63.7 Å². The fraction of sp³-hybridized carbons (Fsp3) is 0.278. The number of methoxy groups -OCH3 is 1. The summed E-state index contributed by atoms with van der Waals surface area (Å²) < 4.78 is 10.5. The van der Waals surface area contributed by atoms with Crippen molar-refractivity contribution in [2.24, 2.45) is 0 Å². The molecule has 0 saturated heterocycles. The molecule has 2 rings (SSSR count). The molecule has 126 valence electrons. The van der Waals surface area contributed by atoms with Crippen molar-refractivity contribution in [2.45, 2.75) is 26.4 Å². The Kier molecular flexibility index (Phi) is 5.52. The zero-order valence-corrected chi connectivity index (χ0v) is 13.8. The van der Waals surface area contributed by atoms with E-state index >= 15 is 0 Å². The van der Waals surface area contributed by atoms with Gasteiger partial charge in [0.25, 0.3) is 0 Å². The maximum atomic E-state index is 12.4. The van der Waals surface area contributed by atoms with E-state index in [-0.39, 0.29) is 17.2 Å². The Balaban J connectivity index is 2.20. The first-order valence-corrected chi connectivity index (χ1v) is 7.58. The number of ether oxygens (including phenoxy) is 2. The summed E-state index contributed by atoms with van der Waals surface area (Å²) in [5.74, 6) is 0.151. The normalized spacial score (nSPS) is 11.6. The molecule has 0 aliphatic heterocycles. The van der Waals surface area contributed by atoms with Gasteiger partial charge >= 0.3 is 5.69 Å². The van der Waals surface area contributed by atoms with Gasteiger partial charge in [0.15, 0.2) is 11.9 Å². The van der Waals surface area contributed by atoms with Crippen LogP contribution >= 0.6 is 0 Å². The summed E-state index contributed by atoms with van der Waals surface area (Å²) >= 11 is 0. The van der Waals surface area contributed by atoms with Crippen LogP contribution in [0.2, 0.25) is 0 Å². The highest BCUT2D eigenvalue weighted by molar-refractivity contribution is 5.99. The number of nitrogens with zero attached hydrogens (tertiary/aromatic N) is 1. The van der Waals surface area contributed by atoms with Crippen molar-refractivity contribution in [1.82, 2.24) is 0 Å². The average molecular weight is 329 g/mol. The second-order valence-corrected chi connectivity index (χ2v) is 5.27. The Bertz CT molecular complexity index is 740. The molecule has 1 atom stereocenters. The highest BCUT2D eigenvalue weighted by Gasteiger charge is 2.22. The van der Waals surface area contributed by atoms with Crippen molar-refractivity contribution in [2.75, 3.05) is 7.11 Å². The number of hydrogen-bond acceptors (Lipinski definition) is 5. The van der Waals surface area contributed by atoms with E-state index in [1.54, 1.807) is 25.1 Å². The maximum Gasteiger partial charge on any atom is 0.314 e. The molecule has 0 aliphatic rings. The second-order valence-electron chi connectivity index (χ2n) is 5.27. The number of carbonyl (C=O) groups excluding carboxylic acids is 1. The number of ketones is 1. The molecule has 0 aromatic heterocycles. The molecule has 0 radical (unpaired) electrons. The summed E-state index contributed by atoms with van der Waals surface area (Å²) in [5, 5.41) is 11.2. The summed E-state index contributed by atoms with van der Waals surface area (Å²) in [6, 6.07) is 11.5. The van der Waals surface area contributed by atoms with Gasteiger partial charge in [-0.15, -0.1) is 0 Å². The predicted octanol–water partition coefficient (Wildman–Crippen LogP) is 3.82. The van der Waals surface area contributed by atoms with E-state index in [1.807, 2.05) is 19.1 Å². The van der Waals surface area contributed by atoms with Crippen molar-refractivity contribution >= 4 is 11.5 Å². The van der Waals surface area contributed by atoms with Gasteiger partial charge < -0.3 is 9.47 Å². The van der Waals surface area contributed by atoms with Crippen molar-refractivity contribution < 1.29 is 19.2 Å². The SMILES string of the molecule is CCc1ccc(C(=O)[C@@H](C)Oc2ccc(OC)cc2[N+](=O)[O-])cc1. The van der Waals surface area contributed by atoms with Crippen LogP contribution in [-0.2, 0) is 6.42 Å². The van der Waals surface area contributed by atoms with Crippen molar-refractivity contribution in [3.8, 4) is 11.5 Å². The molecule has 6 nitrogen and oxygen atoms in total. The molecule has 0 amide bonds. The molecule has 0 fully saturated rings. The van der Waals surface area contributed by atoms with Crippen LogP contribution in [0.25, 0.3) is 0 Å². The van der Waals surface area contributed by atoms with Crippen LogP contribution in [0, 0.1) is 10.1 Å². The minimum atomic E-state index is -0.843. The predicted molar refractivity (Wildman–Crippen MR) is 89.9 cm³/mol. The minimum absolute atomic E-state index is 0.0341. The molecule has 0 spiro atoms. The van der Waals surface area contributed by atoms with Gasteiger partial charge in [-0.2, -0.15) is 0 Å². The van der Waals surface area contributed by atoms with Gasteiger partial charge in [-0.3, -0.25) is 14.9 Å². The first kappa shape index (κ1) is 17.5. The zero-order chi connectivity index (χ0) is 17.7. The molecule has 2 aromatic rings.